The number of aryl methyl sites for hydroxylation is 1. The van der Waals surface area contributed by atoms with Crippen molar-refractivity contribution < 1.29 is 0 Å². The van der Waals surface area contributed by atoms with E-state index >= 15 is 0 Å². The zero-order valence-corrected chi connectivity index (χ0v) is 20.9. The molecule has 1 fully saturated rings. The fraction of sp³-hybridized carbons (Fsp3) is 0.433. The van der Waals surface area contributed by atoms with E-state index in [1.807, 2.05) is 17.8 Å². The fourth-order valence-corrected chi connectivity index (χ4v) is 7.08. The number of amidine groups is 1. The van der Waals surface area contributed by atoms with Gasteiger partial charge in [0.25, 0.3) is 0 Å². The molecule has 0 bridgehead atoms. The first-order chi connectivity index (χ1) is 16.1. The molecule has 1 aliphatic heterocycles. The molecule has 0 atom stereocenters. The summed E-state index contributed by atoms with van der Waals surface area (Å²) in [5.41, 5.74) is 9.80. The van der Waals surface area contributed by atoms with Gasteiger partial charge in [0.1, 0.15) is 0 Å². The summed E-state index contributed by atoms with van der Waals surface area (Å²) in [5, 5.41) is 1.07. The molecule has 1 saturated carbocycles. The van der Waals surface area contributed by atoms with Crippen LogP contribution in [0.4, 0.5) is 0 Å². The Kier molecular flexibility index (Phi) is 6.51. The maximum absolute atomic E-state index is 5.40. The van der Waals surface area contributed by atoms with E-state index in [1.165, 1.54) is 79.3 Å². The van der Waals surface area contributed by atoms with Crippen molar-refractivity contribution in [3.8, 4) is 0 Å². The molecule has 0 aromatic heterocycles. The van der Waals surface area contributed by atoms with Gasteiger partial charge in [-0.05, 0) is 55.2 Å². The van der Waals surface area contributed by atoms with E-state index < -0.39 is 0 Å². The van der Waals surface area contributed by atoms with E-state index in [0.717, 1.165) is 29.6 Å². The first-order valence-electron chi connectivity index (χ1n) is 12.7. The van der Waals surface area contributed by atoms with E-state index in [0.29, 0.717) is 0 Å². The lowest BCUT2D eigenvalue weighted by Crippen LogP contribution is -2.41. The minimum atomic E-state index is 0.226. The second-order valence-electron chi connectivity index (χ2n) is 9.90. The maximum atomic E-state index is 5.40. The summed E-state index contributed by atoms with van der Waals surface area (Å²) in [5.74, 6) is 0.916. The topological polar surface area (TPSA) is 15.6 Å². The Hall–Kier alpha value is -2.26. The Morgan fingerprint density at radius 2 is 1.88 bits per heavy atom. The van der Waals surface area contributed by atoms with E-state index in [9.17, 15) is 0 Å². The molecule has 1 heterocycles. The van der Waals surface area contributed by atoms with Crippen LogP contribution in [-0.2, 0) is 12.2 Å². The van der Waals surface area contributed by atoms with Gasteiger partial charge in [-0.1, -0.05) is 92.6 Å². The van der Waals surface area contributed by atoms with Gasteiger partial charge in [-0.2, -0.15) is 0 Å². The standard InChI is InChI=1S/C30H36N2S/c1-4-19-32-22(3)27-28(31-29(32)33-21-24-15-13-23(5-2)14-16-24)26-12-8-7-11-25(26)20-30(27)17-9-6-10-18-30/h4,8,12-16H,1,3,5-7,9-11,17-21H2,2H3. The van der Waals surface area contributed by atoms with Crippen LogP contribution in [0, 0.1) is 5.41 Å². The Labute approximate surface area is 203 Å². The lowest BCUT2D eigenvalue weighted by atomic mass is 9.60. The van der Waals surface area contributed by atoms with Crippen LogP contribution in [0.5, 0.6) is 0 Å². The monoisotopic (exact) mass is 456 g/mol. The number of aliphatic imine (C=N–C) groups is 1. The predicted octanol–water partition coefficient (Wildman–Crippen LogP) is 8.11. The predicted molar refractivity (Wildman–Crippen MR) is 143 cm³/mol. The summed E-state index contributed by atoms with van der Waals surface area (Å²) in [4.78, 5) is 7.73. The molecule has 0 amide bonds. The molecule has 1 aromatic carbocycles. The van der Waals surface area contributed by atoms with Gasteiger partial charge in [0.15, 0.2) is 5.17 Å². The third-order valence-corrected chi connectivity index (χ3v) is 8.87. The van der Waals surface area contributed by atoms with Crippen LogP contribution in [0.3, 0.4) is 0 Å². The zero-order valence-electron chi connectivity index (χ0n) is 20.0. The third kappa shape index (κ3) is 4.21. The summed E-state index contributed by atoms with van der Waals surface area (Å²) in [6.45, 7) is 11.7. The van der Waals surface area contributed by atoms with Crippen LogP contribution < -0.4 is 0 Å². The van der Waals surface area contributed by atoms with Crippen LogP contribution in [0.2, 0.25) is 0 Å². The Balaban J connectivity index is 1.54. The molecular formula is C30H36N2S. The molecule has 3 aliphatic carbocycles. The highest BCUT2D eigenvalue weighted by atomic mass is 32.2. The molecule has 33 heavy (non-hydrogen) atoms. The lowest BCUT2D eigenvalue weighted by molar-refractivity contribution is 0.225. The Morgan fingerprint density at radius 1 is 1.12 bits per heavy atom. The molecule has 0 unspecified atom stereocenters. The molecule has 4 aliphatic rings. The Bertz CT molecular complexity index is 1060. The van der Waals surface area contributed by atoms with E-state index in [-0.39, 0.29) is 5.41 Å². The second kappa shape index (κ2) is 9.54. The van der Waals surface area contributed by atoms with Gasteiger partial charge in [-0.15, -0.1) is 6.58 Å². The van der Waals surface area contributed by atoms with Gasteiger partial charge in [0.2, 0.25) is 0 Å². The number of hydrogen-bond donors (Lipinski definition) is 0. The zero-order chi connectivity index (χ0) is 22.8. The van der Waals surface area contributed by atoms with Gasteiger partial charge < -0.3 is 4.90 Å². The SMILES string of the molecule is C=CCN1C(=C)C2=C(N=C1SCc1ccc(CC)cc1)C1=C(CCC=C1)CC21CCCCC1. The van der Waals surface area contributed by atoms with Gasteiger partial charge in [-0.25, -0.2) is 4.99 Å². The largest absolute Gasteiger partial charge is 0.317 e. The molecular weight excluding hydrogens is 420 g/mol. The number of nitrogens with zero attached hydrogens (tertiary/aromatic N) is 2. The smallest absolute Gasteiger partial charge is 0.169 e. The quantitative estimate of drug-likeness (QED) is 0.416. The van der Waals surface area contributed by atoms with Gasteiger partial charge in [0, 0.05) is 29.0 Å². The van der Waals surface area contributed by atoms with Crippen LogP contribution in [0.15, 0.2) is 88.8 Å². The van der Waals surface area contributed by atoms with Crippen molar-refractivity contribution >= 4 is 16.9 Å². The molecule has 1 spiro atoms. The molecule has 0 radical (unpaired) electrons. The third-order valence-electron chi connectivity index (χ3n) is 7.83. The molecule has 0 N–H and O–H groups in total. The van der Waals surface area contributed by atoms with E-state index in [2.05, 4.69) is 54.8 Å². The van der Waals surface area contributed by atoms with Crippen LogP contribution in [0.1, 0.15) is 69.4 Å². The van der Waals surface area contributed by atoms with Crippen LogP contribution in [-0.4, -0.2) is 16.6 Å². The minimum Gasteiger partial charge on any atom is -0.317 e. The maximum Gasteiger partial charge on any atom is 0.169 e. The van der Waals surface area contributed by atoms with Crippen molar-refractivity contribution in [1.29, 1.82) is 0 Å². The average Bonchev–Trinajstić information content (AvgIpc) is 2.85. The van der Waals surface area contributed by atoms with Crippen molar-refractivity contribution in [3.05, 3.63) is 94.9 Å². The van der Waals surface area contributed by atoms with Gasteiger partial charge in [0.05, 0.1) is 5.70 Å². The highest BCUT2D eigenvalue weighted by molar-refractivity contribution is 8.13. The van der Waals surface area contributed by atoms with E-state index in [1.54, 1.807) is 5.57 Å². The average molecular weight is 457 g/mol. The minimum absolute atomic E-state index is 0.226. The van der Waals surface area contributed by atoms with Crippen molar-refractivity contribution in [2.45, 2.75) is 70.5 Å². The highest BCUT2D eigenvalue weighted by Gasteiger charge is 2.46. The number of rotatable bonds is 5. The first kappa shape index (κ1) is 22.5. The summed E-state index contributed by atoms with van der Waals surface area (Å²) in [6, 6.07) is 9.01. The normalized spacial score (nSPS) is 21.8. The van der Waals surface area contributed by atoms with Crippen molar-refractivity contribution in [2.75, 3.05) is 6.54 Å². The molecule has 172 valence electrons. The summed E-state index contributed by atoms with van der Waals surface area (Å²) < 4.78 is 0. The molecule has 1 aromatic rings. The number of benzene rings is 1. The lowest BCUT2D eigenvalue weighted by Gasteiger charge is -2.48. The molecule has 2 nitrogen and oxygen atoms in total. The number of fused-ring (bicyclic) bond motifs is 2. The van der Waals surface area contributed by atoms with Crippen molar-refractivity contribution in [3.63, 3.8) is 0 Å². The van der Waals surface area contributed by atoms with Crippen LogP contribution >= 0.6 is 11.8 Å². The van der Waals surface area contributed by atoms with Crippen molar-refractivity contribution in [2.24, 2.45) is 10.4 Å². The van der Waals surface area contributed by atoms with Crippen LogP contribution in [0.25, 0.3) is 0 Å². The van der Waals surface area contributed by atoms with E-state index in [4.69, 9.17) is 11.6 Å². The Morgan fingerprint density at radius 3 is 2.61 bits per heavy atom. The summed E-state index contributed by atoms with van der Waals surface area (Å²) >= 11 is 1.83. The first-order valence-corrected chi connectivity index (χ1v) is 13.6. The number of allylic oxidation sites excluding steroid dienone is 4. The van der Waals surface area contributed by atoms with Gasteiger partial charge in [-0.3, -0.25) is 0 Å². The van der Waals surface area contributed by atoms with Gasteiger partial charge >= 0.3 is 0 Å². The summed E-state index contributed by atoms with van der Waals surface area (Å²) in [7, 11) is 0. The van der Waals surface area contributed by atoms with Crippen molar-refractivity contribution in [1.82, 2.24) is 4.90 Å². The molecule has 3 heteroatoms. The number of hydrogen-bond acceptors (Lipinski definition) is 3. The summed E-state index contributed by atoms with van der Waals surface area (Å²) in [6.07, 6.45) is 17.9. The number of thioether (sulfide) groups is 1. The highest BCUT2D eigenvalue weighted by Crippen LogP contribution is 2.57. The molecule has 5 rings (SSSR count). The second-order valence-corrected chi connectivity index (χ2v) is 10.8. The molecule has 0 saturated heterocycles. The fourth-order valence-electron chi connectivity index (χ4n) is 6.09.